The van der Waals surface area contributed by atoms with Crippen molar-refractivity contribution >= 4 is 10.0 Å². The van der Waals surface area contributed by atoms with Gasteiger partial charge in [0.15, 0.2) is 0 Å². The lowest BCUT2D eigenvalue weighted by atomic mass is 9.87. The van der Waals surface area contributed by atoms with Crippen molar-refractivity contribution in [1.82, 2.24) is 9.21 Å². The van der Waals surface area contributed by atoms with E-state index in [1.54, 1.807) is 16.4 Å². The number of piperazine rings is 1. The summed E-state index contributed by atoms with van der Waals surface area (Å²) in [5.74, 6) is 0. The summed E-state index contributed by atoms with van der Waals surface area (Å²) in [6.45, 7) is 9.22. The van der Waals surface area contributed by atoms with E-state index in [0.717, 1.165) is 11.1 Å². The van der Waals surface area contributed by atoms with E-state index >= 15 is 0 Å². The van der Waals surface area contributed by atoms with E-state index < -0.39 is 10.0 Å². The van der Waals surface area contributed by atoms with Gasteiger partial charge in [0, 0.05) is 32.7 Å². The molecule has 2 aromatic rings. The third kappa shape index (κ3) is 4.44. The fourth-order valence-electron chi connectivity index (χ4n) is 3.41. The number of hydrogen-bond acceptors (Lipinski definition) is 4. The molecular weight excluding hydrogens is 370 g/mol. The first kappa shape index (κ1) is 20.5. The van der Waals surface area contributed by atoms with Gasteiger partial charge in [0.05, 0.1) is 16.5 Å². The molecule has 0 atom stereocenters. The van der Waals surface area contributed by atoms with Crippen molar-refractivity contribution in [2.75, 3.05) is 26.2 Å². The fourth-order valence-corrected chi connectivity index (χ4v) is 4.83. The van der Waals surface area contributed by atoms with E-state index in [4.69, 9.17) is 0 Å². The zero-order valence-corrected chi connectivity index (χ0v) is 17.5. The first-order chi connectivity index (χ1) is 13.2. The second-order valence-corrected chi connectivity index (χ2v) is 10.2. The monoisotopic (exact) mass is 397 g/mol. The van der Waals surface area contributed by atoms with E-state index in [1.165, 1.54) is 0 Å². The lowest BCUT2D eigenvalue weighted by Crippen LogP contribution is -2.48. The summed E-state index contributed by atoms with van der Waals surface area (Å²) < 4.78 is 27.5. The molecule has 3 rings (SSSR count). The molecule has 0 aromatic heterocycles. The molecular formula is C22H27N3O2S. The molecule has 148 valence electrons. The molecule has 0 saturated carbocycles. The van der Waals surface area contributed by atoms with Gasteiger partial charge in [0.2, 0.25) is 10.0 Å². The molecule has 0 amide bonds. The van der Waals surface area contributed by atoms with Gasteiger partial charge in [-0.1, -0.05) is 51.1 Å². The van der Waals surface area contributed by atoms with Crippen LogP contribution in [-0.2, 0) is 22.0 Å². The van der Waals surface area contributed by atoms with E-state index in [1.807, 2.05) is 36.4 Å². The van der Waals surface area contributed by atoms with E-state index in [-0.39, 0.29) is 5.41 Å². The number of sulfonamides is 1. The molecule has 0 spiro atoms. The molecule has 0 unspecified atom stereocenters. The Morgan fingerprint density at radius 2 is 1.57 bits per heavy atom. The van der Waals surface area contributed by atoms with Gasteiger partial charge in [0.25, 0.3) is 0 Å². The largest absolute Gasteiger partial charge is 0.296 e. The summed E-state index contributed by atoms with van der Waals surface area (Å²) in [6.07, 6.45) is 0. The first-order valence-electron chi connectivity index (χ1n) is 9.53. The highest BCUT2D eigenvalue weighted by Crippen LogP contribution is 2.25. The number of nitrogens with zero attached hydrogens (tertiary/aromatic N) is 3. The van der Waals surface area contributed by atoms with Gasteiger partial charge >= 0.3 is 0 Å². The van der Waals surface area contributed by atoms with Crippen molar-refractivity contribution in [1.29, 1.82) is 5.26 Å². The zero-order chi connectivity index (χ0) is 20.4. The summed E-state index contributed by atoms with van der Waals surface area (Å²) >= 11 is 0. The van der Waals surface area contributed by atoms with E-state index in [0.29, 0.717) is 43.2 Å². The lowest BCUT2D eigenvalue weighted by molar-refractivity contribution is 0.181. The van der Waals surface area contributed by atoms with Crippen LogP contribution in [0.5, 0.6) is 0 Å². The summed E-state index contributed by atoms with van der Waals surface area (Å²) in [5, 5.41) is 9.24. The Balaban J connectivity index is 1.66. The average Bonchev–Trinajstić information content (AvgIpc) is 2.68. The fraction of sp³-hybridized carbons (Fsp3) is 0.409. The molecule has 5 nitrogen and oxygen atoms in total. The van der Waals surface area contributed by atoms with Crippen molar-refractivity contribution in [2.45, 2.75) is 37.6 Å². The van der Waals surface area contributed by atoms with Gasteiger partial charge < -0.3 is 0 Å². The number of benzene rings is 2. The van der Waals surface area contributed by atoms with Crippen LogP contribution in [-0.4, -0.2) is 43.8 Å². The molecule has 1 fully saturated rings. The average molecular weight is 398 g/mol. The quantitative estimate of drug-likeness (QED) is 0.794. The Kier molecular flexibility index (Phi) is 5.90. The minimum Gasteiger partial charge on any atom is -0.296 e. The molecule has 6 heteroatoms. The van der Waals surface area contributed by atoms with Crippen molar-refractivity contribution in [3.8, 4) is 6.07 Å². The van der Waals surface area contributed by atoms with Gasteiger partial charge in [-0.05, 0) is 34.7 Å². The normalized spacial score (nSPS) is 16.6. The van der Waals surface area contributed by atoms with Gasteiger partial charge in [-0.2, -0.15) is 9.57 Å². The molecule has 1 saturated heterocycles. The summed E-state index contributed by atoms with van der Waals surface area (Å²) in [4.78, 5) is 2.55. The molecule has 2 aromatic carbocycles. The smallest absolute Gasteiger partial charge is 0.243 e. The summed E-state index contributed by atoms with van der Waals surface area (Å²) in [7, 11) is -3.48. The van der Waals surface area contributed by atoms with Crippen LogP contribution in [0.1, 0.15) is 37.5 Å². The maximum absolute atomic E-state index is 13.0. The van der Waals surface area contributed by atoms with Crippen LogP contribution in [0.4, 0.5) is 0 Å². The molecule has 0 radical (unpaired) electrons. The SMILES string of the molecule is CC(C)(C)c1ccc(S(=O)(=O)N2CCN(Cc3ccccc3C#N)CC2)cc1. The van der Waals surface area contributed by atoms with Crippen LogP contribution < -0.4 is 0 Å². The van der Waals surface area contributed by atoms with Crippen molar-refractivity contribution in [2.24, 2.45) is 0 Å². The Morgan fingerprint density at radius 1 is 0.964 bits per heavy atom. The Hall–Kier alpha value is -2.20. The van der Waals surface area contributed by atoms with Crippen LogP contribution in [0.3, 0.4) is 0 Å². The van der Waals surface area contributed by atoms with Crippen LogP contribution >= 0.6 is 0 Å². The predicted octanol–water partition coefficient (Wildman–Crippen LogP) is 3.36. The third-order valence-electron chi connectivity index (χ3n) is 5.22. The maximum atomic E-state index is 13.0. The standard InChI is InChI=1S/C22H27N3O2S/c1-22(2,3)20-8-10-21(11-9-20)28(26,27)25-14-12-24(13-15-25)17-19-7-5-4-6-18(19)16-23/h4-11H,12-15,17H2,1-3H3. The van der Waals surface area contributed by atoms with Gasteiger partial charge in [-0.15, -0.1) is 0 Å². The van der Waals surface area contributed by atoms with Crippen molar-refractivity contribution in [3.05, 3.63) is 65.2 Å². The topological polar surface area (TPSA) is 64.4 Å². The molecule has 28 heavy (non-hydrogen) atoms. The second kappa shape index (κ2) is 8.04. The number of nitriles is 1. The second-order valence-electron chi connectivity index (χ2n) is 8.22. The highest BCUT2D eigenvalue weighted by molar-refractivity contribution is 7.89. The molecule has 1 aliphatic rings. The van der Waals surface area contributed by atoms with Crippen LogP contribution in [0, 0.1) is 11.3 Å². The highest BCUT2D eigenvalue weighted by atomic mass is 32.2. The molecule has 1 aliphatic heterocycles. The first-order valence-corrected chi connectivity index (χ1v) is 11.0. The molecule has 0 bridgehead atoms. The summed E-state index contributed by atoms with van der Waals surface area (Å²) in [6, 6.07) is 17.0. The lowest BCUT2D eigenvalue weighted by Gasteiger charge is -2.34. The van der Waals surface area contributed by atoms with Gasteiger partial charge in [-0.25, -0.2) is 8.42 Å². The zero-order valence-electron chi connectivity index (χ0n) is 16.7. The Bertz CT molecular complexity index is 962. The van der Waals surface area contributed by atoms with Gasteiger partial charge in [-0.3, -0.25) is 4.90 Å². The van der Waals surface area contributed by atoms with Crippen LogP contribution in [0.25, 0.3) is 0 Å². The molecule has 0 N–H and O–H groups in total. The van der Waals surface area contributed by atoms with Gasteiger partial charge in [0.1, 0.15) is 0 Å². The maximum Gasteiger partial charge on any atom is 0.243 e. The Morgan fingerprint density at radius 3 is 2.14 bits per heavy atom. The van der Waals surface area contributed by atoms with Crippen LogP contribution in [0.15, 0.2) is 53.4 Å². The van der Waals surface area contributed by atoms with Crippen molar-refractivity contribution < 1.29 is 8.42 Å². The van der Waals surface area contributed by atoms with E-state index in [2.05, 4.69) is 31.7 Å². The number of rotatable bonds is 4. The third-order valence-corrected chi connectivity index (χ3v) is 7.13. The van der Waals surface area contributed by atoms with Crippen molar-refractivity contribution in [3.63, 3.8) is 0 Å². The minimum atomic E-state index is -3.48. The number of hydrogen-bond donors (Lipinski definition) is 0. The summed E-state index contributed by atoms with van der Waals surface area (Å²) in [5.41, 5.74) is 2.77. The minimum absolute atomic E-state index is 0.00631. The molecule has 1 heterocycles. The van der Waals surface area contributed by atoms with E-state index in [9.17, 15) is 13.7 Å². The Labute approximate surface area is 168 Å². The predicted molar refractivity (Wildman–Crippen MR) is 110 cm³/mol. The van der Waals surface area contributed by atoms with Crippen LogP contribution in [0.2, 0.25) is 0 Å². The highest BCUT2D eigenvalue weighted by Gasteiger charge is 2.29. The molecule has 0 aliphatic carbocycles.